The summed E-state index contributed by atoms with van der Waals surface area (Å²) in [6.45, 7) is 6.53. The van der Waals surface area contributed by atoms with E-state index in [1.165, 1.54) is 135 Å². The third-order valence-corrected chi connectivity index (χ3v) is 11.4. The molecule has 6 heteroatoms. The summed E-state index contributed by atoms with van der Waals surface area (Å²) in [6, 6.07) is 0. The second kappa shape index (κ2) is 52.5. The molecule has 0 spiro atoms. The molecule has 0 N–H and O–H groups in total. The smallest absolute Gasteiger partial charge is 0.306 e. The molecule has 0 rings (SSSR count). The van der Waals surface area contributed by atoms with Crippen LogP contribution in [0.4, 0.5) is 0 Å². The number of rotatable bonds is 48. The van der Waals surface area contributed by atoms with Gasteiger partial charge in [0, 0.05) is 19.3 Å². The van der Waals surface area contributed by atoms with Crippen LogP contribution in [0.3, 0.4) is 0 Å². The van der Waals surface area contributed by atoms with Gasteiger partial charge in [0.2, 0.25) is 0 Å². The van der Waals surface area contributed by atoms with Crippen LogP contribution >= 0.6 is 0 Å². The van der Waals surface area contributed by atoms with E-state index in [1.807, 2.05) is 0 Å². The van der Waals surface area contributed by atoms with E-state index in [2.05, 4.69) is 93.7 Å². The number of allylic oxidation sites excluding steroid dienone is 12. The van der Waals surface area contributed by atoms with E-state index in [0.717, 1.165) is 77.0 Å². The van der Waals surface area contributed by atoms with Crippen molar-refractivity contribution in [3.05, 3.63) is 72.9 Å². The lowest BCUT2D eigenvalue weighted by atomic mass is 10.0. The molecule has 0 aromatic heterocycles. The van der Waals surface area contributed by atoms with Crippen LogP contribution in [0.25, 0.3) is 0 Å². The lowest BCUT2D eigenvalue weighted by Crippen LogP contribution is -2.30. The van der Waals surface area contributed by atoms with Crippen molar-refractivity contribution in [3.8, 4) is 0 Å². The van der Waals surface area contributed by atoms with Crippen molar-refractivity contribution >= 4 is 17.9 Å². The predicted molar refractivity (Wildman–Crippen MR) is 274 cm³/mol. The lowest BCUT2D eigenvalue weighted by molar-refractivity contribution is -0.167. The van der Waals surface area contributed by atoms with Crippen LogP contribution in [0.1, 0.15) is 258 Å². The molecule has 0 radical (unpaired) electrons. The van der Waals surface area contributed by atoms with E-state index in [0.29, 0.717) is 19.3 Å². The number of esters is 3. The van der Waals surface area contributed by atoms with Crippen molar-refractivity contribution in [1.82, 2.24) is 0 Å². The summed E-state index contributed by atoms with van der Waals surface area (Å²) in [7, 11) is 0. The van der Waals surface area contributed by atoms with Gasteiger partial charge in [-0.15, -0.1) is 0 Å². The Morgan fingerprint density at radius 2 is 0.562 bits per heavy atom. The van der Waals surface area contributed by atoms with Gasteiger partial charge in [-0.2, -0.15) is 0 Å². The van der Waals surface area contributed by atoms with Crippen LogP contribution in [-0.2, 0) is 28.6 Å². The van der Waals surface area contributed by atoms with Crippen molar-refractivity contribution in [2.24, 2.45) is 0 Å². The highest BCUT2D eigenvalue weighted by molar-refractivity contribution is 5.71. The Balaban J connectivity index is 4.48. The van der Waals surface area contributed by atoms with Crippen LogP contribution in [0.2, 0.25) is 0 Å². The number of unbranched alkanes of at least 4 members (excludes halogenated alkanes) is 25. The number of ether oxygens (including phenoxy) is 3. The number of hydrogen-bond donors (Lipinski definition) is 0. The van der Waals surface area contributed by atoms with Crippen LogP contribution in [0, 0.1) is 0 Å². The number of hydrogen-bond acceptors (Lipinski definition) is 6. The number of carbonyl (C=O) groups is 3. The third kappa shape index (κ3) is 49.9. The molecule has 0 heterocycles. The van der Waals surface area contributed by atoms with Gasteiger partial charge in [0.15, 0.2) is 6.10 Å². The zero-order valence-corrected chi connectivity index (χ0v) is 42.0. The fourth-order valence-corrected chi connectivity index (χ4v) is 7.34. The average molecular weight is 893 g/mol. The molecule has 0 aliphatic heterocycles. The minimum atomic E-state index is -0.809. The Morgan fingerprint density at radius 1 is 0.312 bits per heavy atom. The zero-order chi connectivity index (χ0) is 46.5. The normalized spacial score (nSPS) is 12.6. The summed E-state index contributed by atoms with van der Waals surface area (Å²) in [5, 5.41) is 0. The first-order valence-electron chi connectivity index (χ1n) is 26.9. The predicted octanol–water partition coefficient (Wildman–Crippen LogP) is 17.8. The molecule has 0 amide bonds. The topological polar surface area (TPSA) is 78.9 Å². The van der Waals surface area contributed by atoms with Crippen LogP contribution in [0.15, 0.2) is 72.9 Å². The molecule has 0 bridgehead atoms. The molecule has 368 valence electrons. The summed E-state index contributed by atoms with van der Waals surface area (Å²) < 4.78 is 16.8. The molecular formula is C58H100O6. The molecular weight excluding hydrogens is 793 g/mol. The number of carbonyl (C=O) groups excluding carboxylic acids is 3. The van der Waals surface area contributed by atoms with E-state index >= 15 is 0 Å². The largest absolute Gasteiger partial charge is 0.462 e. The highest BCUT2D eigenvalue weighted by Gasteiger charge is 2.19. The molecule has 0 saturated heterocycles. The van der Waals surface area contributed by atoms with Crippen LogP contribution < -0.4 is 0 Å². The molecule has 64 heavy (non-hydrogen) atoms. The van der Waals surface area contributed by atoms with E-state index in [4.69, 9.17) is 14.2 Å². The fraction of sp³-hybridized carbons (Fsp3) is 0.741. The van der Waals surface area contributed by atoms with Crippen LogP contribution in [-0.4, -0.2) is 37.2 Å². The molecule has 0 aliphatic carbocycles. The summed E-state index contributed by atoms with van der Waals surface area (Å²) in [5.41, 5.74) is 0. The lowest BCUT2D eigenvalue weighted by Gasteiger charge is -2.18. The summed E-state index contributed by atoms with van der Waals surface area (Å²) in [5.74, 6) is -0.975. The second-order valence-corrected chi connectivity index (χ2v) is 17.8. The third-order valence-electron chi connectivity index (χ3n) is 11.4. The fourth-order valence-electron chi connectivity index (χ4n) is 7.34. The molecule has 1 atom stereocenters. The van der Waals surface area contributed by atoms with Gasteiger partial charge in [-0.05, 0) is 96.3 Å². The van der Waals surface area contributed by atoms with Crippen molar-refractivity contribution in [2.75, 3.05) is 13.2 Å². The summed E-state index contributed by atoms with van der Waals surface area (Å²) in [4.78, 5) is 38.0. The highest BCUT2D eigenvalue weighted by atomic mass is 16.6. The van der Waals surface area contributed by atoms with Crippen molar-refractivity contribution in [3.63, 3.8) is 0 Å². The van der Waals surface area contributed by atoms with E-state index in [9.17, 15) is 14.4 Å². The van der Waals surface area contributed by atoms with E-state index in [-0.39, 0.29) is 37.5 Å². The average Bonchev–Trinajstić information content (AvgIpc) is 3.29. The van der Waals surface area contributed by atoms with E-state index in [1.54, 1.807) is 0 Å². The molecule has 0 aromatic rings. The Kier molecular flexibility index (Phi) is 49.9. The second-order valence-electron chi connectivity index (χ2n) is 17.8. The standard InChI is InChI=1S/C58H100O6/c1-4-7-10-13-16-19-22-25-28-31-33-36-39-42-45-48-51-57(60)63-54-55(64-58(61)52-49-46-43-40-37-34-30-27-24-21-18-15-12-9-6-3)53-62-56(59)50-47-44-41-38-35-32-29-26-23-20-17-14-11-8-5-2/h17-18,20-21,26-27,29-30,35,37-38,40,55H,4-16,19,22-25,28,31-34,36,39,41-54H2,1-3H3/b20-17-,21-18-,29-26-,30-27-,38-35-,40-37-/t55-/m1/s1. The zero-order valence-electron chi connectivity index (χ0n) is 42.0. The van der Waals surface area contributed by atoms with Gasteiger partial charge in [-0.3, -0.25) is 14.4 Å². The molecule has 0 saturated carbocycles. The minimum absolute atomic E-state index is 0.101. The van der Waals surface area contributed by atoms with Crippen molar-refractivity contribution in [1.29, 1.82) is 0 Å². The Hall–Kier alpha value is -3.15. The first-order chi connectivity index (χ1) is 31.5. The van der Waals surface area contributed by atoms with Gasteiger partial charge in [-0.25, -0.2) is 0 Å². The monoisotopic (exact) mass is 893 g/mol. The molecule has 6 nitrogen and oxygen atoms in total. The summed E-state index contributed by atoms with van der Waals surface area (Å²) in [6.07, 6.45) is 66.0. The van der Waals surface area contributed by atoms with Crippen molar-refractivity contribution < 1.29 is 28.6 Å². The highest BCUT2D eigenvalue weighted by Crippen LogP contribution is 2.15. The summed E-state index contributed by atoms with van der Waals surface area (Å²) >= 11 is 0. The first kappa shape index (κ1) is 60.9. The Labute approximate surface area is 395 Å². The molecule has 0 fully saturated rings. The molecule has 0 aliphatic rings. The minimum Gasteiger partial charge on any atom is -0.462 e. The van der Waals surface area contributed by atoms with Gasteiger partial charge in [0.1, 0.15) is 13.2 Å². The van der Waals surface area contributed by atoms with Gasteiger partial charge in [0.25, 0.3) is 0 Å². The maximum absolute atomic E-state index is 12.8. The maximum atomic E-state index is 12.8. The molecule has 0 unspecified atom stereocenters. The quantitative estimate of drug-likeness (QED) is 0.0262. The SMILES string of the molecule is CCCCC/C=C\C/C=C\C/C=C\CCCCC(=O)OC[C@H](COC(=O)CCCCCCCCCCCCCCCCCC)OC(=O)CCCC/C=C\C/C=C\C/C=C\CCCCC. The Bertz CT molecular complexity index is 1210. The van der Waals surface area contributed by atoms with Gasteiger partial charge >= 0.3 is 17.9 Å². The Morgan fingerprint density at radius 3 is 0.906 bits per heavy atom. The van der Waals surface area contributed by atoms with Gasteiger partial charge < -0.3 is 14.2 Å². The first-order valence-corrected chi connectivity index (χ1v) is 26.9. The molecule has 0 aromatic carbocycles. The van der Waals surface area contributed by atoms with Gasteiger partial charge in [-0.1, -0.05) is 216 Å². The van der Waals surface area contributed by atoms with Gasteiger partial charge in [0.05, 0.1) is 0 Å². The van der Waals surface area contributed by atoms with Crippen LogP contribution in [0.5, 0.6) is 0 Å². The maximum Gasteiger partial charge on any atom is 0.306 e. The van der Waals surface area contributed by atoms with E-state index < -0.39 is 6.10 Å². The van der Waals surface area contributed by atoms with Crippen molar-refractivity contribution in [2.45, 2.75) is 264 Å².